The van der Waals surface area contributed by atoms with Gasteiger partial charge in [0.1, 0.15) is 0 Å². The number of piperidine rings is 1. The van der Waals surface area contributed by atoms with Gasteiger partial charge in [0.25, 0.3) is 0 Å². The number of hydrogen-bond acceptors (Lipinski definition) is 3. The molecule has 2 atom stereocenters. The lowest BCUT2D eigenvalue weighted by atomic mass is 9.97. The van der Waals surface area contributed by atoms with E-state index in [4.69, 9.17) is 0 Å². The zero-order valence-electron chi connectivity index (χ0n) is 12.9. The quantitative estimate of drug-likeness (QED) is 0.798. The Hall–Kier alpha value is -1.88. The Kier molecular flexibility index (Phi) is 4.43. The van der Waals surface area contributed by atoms with Gasteiger partial charge in [-0.3, -0.25) is 9.59 Å². The lowest BCUT2D eigenvalue weighted by molar-refractivity contribution is -0.124. The summed E-state index contributed by atoms with van der Waals surface area (Å²) in [5.74, 6) is 0.156. The van der Waals surface area contributed by atoms with E-state index < -0.39 is 0 Å². The van der Waals surface area contributed by atoms with Crippen LogP contribution in [0.25, 0.3) is 0 Å². The van der Waals surface area contributed by atoms with Crippen LogP contribution < -0.4 is 16.0 Å². The highest BCUT2D eigenvalue weighted by Gasteiger charge is 2.22. The van der Waals surface area contributed by atoms with Crippen molar-refractivity contribution in [3.05, 3.63) is 29.3 Å². The van der Waals surface area contributed by atoms with Crippen LogP contribution in [-0.2, 0) is 16.0 Å². The number of hydrogen-bond donors (Lipinski definition) is 3. The monoisotopic (exact) mass is 301 g/mol. The lowest BCUT2D eigenvalue weighted by Crippen LogP contribution is -2.47. The van der Waals surface area contributed by atoms with Crippen LogP contribution >= 0.6 is 0 Å². The van der Waals surface area contributed by atoms with Crippen LogP contribution in [0.4, 0.5) is 5.69 Å². The first-order valence-corrected chi connectivity index (χ1v) is 8.10. The van der Waals surface area contributed by atoms with Crippen molar-refractivity contribution in [1.29, 1.82) is 0 Å². The third-order valence-electron chi connectivity index (χ3n) is 4.51. The van der Waals surface area contributed by atoms with Gasteiger partial charge < -0.3 is 16.0 Å². The maximum absolute atomic E-state index is 12.3. The van der Waals surface area contributed by atoms with E-state index in [1.54, 1.807) is 0 Å². The average molecular weight is 301 g/mol. The van der Waals surface area contributed by atoms with Crippen molar-refractivity contribution in [2.24, 2.45) is 0 Å². The molecule has 0 aliphatic carbocycles. The summed E-state index contributed by atoms with van der Waals surface area (Å²) in [6, 6.07) is 5.91. The fraction of sp³-hybridized carbons (Fsp3) is 0.529. The van der Waals surface area contributed by atoms with Crippen molar-refractivity contribution < 1.29 is 9.59 Å². The normalized spacial score (nSPS) is 22.4. The molecule has 2 aliphatic rings. The molecule has 0 bridgehead atoms. The maximum atomic E-state index is 12.3. The van der Waals surface area contributed by atoms with E-state index in [0.717, 1.165) is 49.0 Å². The van der Waals surface area contributed by atoms with Gasteiger partial charge in [-0.05, 0) is 49.9 Å². The van der Waals surface area contributed by atoms with Crippen molar-refractivity contribution in [1.82, 2.24) is 10.6 Å². The summed E-state index contributed by atoms with van der Waals surface area (Å²) in [5, 5.41) is 9.25. The van der Waals surface area contributed by atoms with E-state index in [2.05, 4.69) is 22.0 Å². The van der Waals surface area contributed by atoms with Gasteiger partial charge in [0.05, 0.1) is 12.1 Å². The number of fused-ring (bicyclic) bond motifs is 1. The highest BCUT2D eigenvalue weighted by molar-refractivity contribution is 5.93. The summed E-state index contributed by atoms with van der Waals surface area (Å²) < 4.78 is 0. The number of benzene rings is 1. The predicted molar refractivity (Wildman–Crippen MR) is 85.6 cm³/mol. The second-order valence-electron chi connectivity index (χ2n) is 6.20. The summed E-state index contributed by atoms with van der Waals surface area (Å²) in [6.45, 7) is 2.93. The molecule has 2 unspecified atom stereocenters. The van der Waals surface area contributed by atoms with Gasteiger partial charge >= 0.3 is 0 Å². The zero-order valence-corrected chi connectivity index (χ0v) is 12.9. The van der Waals surface area contributed by atoms with Crippen molar-refractivity contribution in [2.75, 3.05) is 11.9 Å². The largest absolute Gasteiger partial charge is 0.348 e. The first-order valence-electron chi connectivity index (χ1n) is 8.10. The van der Waals surface area contributed by atoms with Gasteiger partial charge in [0, 0.05) is 12.1 Å². The van der Waals surface area contributed by atoms with Gasteiger partial charge in [0.15, 0.2) is 0 Å². The smallest absolute Gasteiger partial charge is 0.237 e. The highest BCUT2D eigenvalue weighted by atomic mass is 16.2. The Morgan fingerprint density at radius 3 is 2.95 bits per heavy atom. The molecular formula is C17H23N3O2. The Morgan fingerprint density at radius 2 is 2.18 bits per heavy atom. The minimum absolute atomic E-state index is 0.0286. The standard InChI is InChI=1S/C17H23N3O2/c1-11(19-17(22)15-4-2-3-9-18-15)12-5-7-14-13(10-12)6-8-16(21)20-14/h5,7,10-11,15,18H,2-4,6,8-9H2,1H3,(H,19,22)(H,20,21). The van der Waals surface area contributed by atoms with Crippen LogP contribution in [0.3, 0.4) is 0 Å². The van der Waals surface area contributed by atoms with Crippen LogP contribution in [-0.4, -0.2) is 24.4 Å². The molecule has 22 heavy (non-hydrogen) atoms. The fourth-order valence-electron chi connectivity index (χ4n) is 3.15. The van der Waals surface area contributed by atoms with Crippen molar-refractivity contribution in [3.63, 3.8) is 0 Å². The minimum atomic E-state index is -0.0619. The van der Waals surface area contributed by atoms with Crippen molar-refractivity contribution in [3.8, 4) is 0 Å². The number of anilines is 1. The molecule has 1 saturated heterocycles. The zero-order chi connectivity index (χ0) is 15.5. The lowest BCUT2D eigenvalue weighted by Gasteiger charge is -2.25. The van der Waals surface area contributed by atoms with Gasteiger partial charge in [0.2, 0.25) is 11.8 Å². The van der Waals surface area contributed by atoms with Crippen LogP contribution in [0.1, 0.15) is 49.8 Å². The summed E-state index contributed by atoms with van der Waals surface area (Å²) in [6.07, 6.45) is 4.46. The third-order valence-corrected chi connectivity index (χ3v) is 4.51. The number of amides is 2. The van der Waals surface area contributed by atoms with E-state index in [9.17, 15) is 9.59 Å². The molecule has 1 aromatic carbocycles. The first kappa shape index (κ1) is 15.0. The van der Waals surface area contributed by atoms with Crippen LogP contribution in [0.5, 0.6) is 0 Å². The average Bonchev–Trinajstić information content (AvgIpc) is 2.55. The van der Waals surface area contributed by atoms with Gasteiger partial charge in [-0.1, -0.05) is 18.6 Å². The number of aryl methyl sites for hydroxylation is 1. The first-order chi connectivity index (χ1) is 10.6. The molecule has 1 aromatic rings. The Labute approximate surface area is 130 Å². The Balaban J connectivity index is 1.65. The summed E-state index contributed by atoms with van der Waals surface area (Å²) in [4.78, 5) is 23.7. The number of rotatable bonds is 3. The second kappa shape index (κ2) is 6.48. The van der Waals surface area contributed by atoms with E-state index in [1.165, 1.54) is 0 Å². The topological polar surface area (TPSA) is 70.2 Å². The molecule has 2 heterocycles. The SMILES string of the molecule is CC(NC(=O)C1CCCCN1)c1ccc2c(c1)CCC(=O)N2. The molecule has 0 spiro atoms. The van der Waals surface area contributed by atoms with Gasteiger partial charge in [-0.25, -0.2) is 0 Å². The van der Waals surface area contributed by atoms with Crippen molar-refractivity contribution in [2.45, 2.75) is 51.1 Å². The summed E-state index contributed by atoms with van der Waals surface area (Å²) >= 11 is 0. The van der Waals surface area contributed by atoms with Crippen molar-refractivity contribution >= 4 is 17.5 Å². The predicted octanol–water partition coefficient (Wildman–Crippen LogP) is 1.89. The van der Waals surface area contributed by atoms with Crippen LogP contribution in [0.15, 0.2) is 18.2 Å². The molecule has 3 rings (SSSR count). The summed E-state index contributed by atoms with van der Waals surface area (Å²) in [7, 11) is 0. The van der Waals surface area contributed by atoms with E-state index in [1.807, 2.05) is 19.1 Å². The maximum Gasteiger partial charge on any atom is 0.237 e. The molecule has 118 valence electrons. The molecule has 5 heteroatoms. The summed E-state index contributed by atoms with van der Waals surface area (Å²) in [5.41, 5.74) is 3.13. The number of carbonyl (C=O) groups is 2. The van der Waals surface area contributed by atoms with Gasteiger partial charge in [-0.2, -0.15) is 0 Å². The van der Waals surface area contributed by atoms with Crippen LogP contribution in [0.2, 0.25) is 0 Å². The second-order valence-corrected chi connectivity index (χ2v) is 6.20. The molecular weight excluding hydrogens is 278 g/mol. The minimum Gasteiger partial charge on any atom is -0.348 e. The Morgan fingerprint density at radius 1 is 1.32 bits per heavy atom. The molecule has 3 N–H and O–H groups in total. The molecule has 0 saturated carbocycles. The molecule has 2 amide bonds. The highest BCUT2D eigenvalue weighted by Crippen LogP contribution is 2.26. The number of nitrogens with one attached hydrogen (secondary N) is 3. The third kappa shape index (κ3) is 3.30. The molecule has 1 fully saturated rings. The van der Waals surface area contributed by atoms with E-state index in [-0.39, 0.29) is 23.9 Å². The van der Waals surface area contributed by atoms with E-state index in [0.29, 0.717) is 6.42 Å². The number of carbonyl (C=O) groups excluding carboxylic acids is 2. The van der Waals surface area contributed by atoms with E-state index >= 15 is 0 Å². The molecule has 0 radical (unpaired) electrons. The molecule has 2 aliphatic heterocycles. The molecule has 5 nitrogen and oxygen atoms in total. The Bertz CT molecular complexity index is 579. The fourth-order valence-corrected chi connectivity index (χ4v) is 3.15. The van der Waals surface area contributed by atoms with Crippen LogP contribution in [0, 0.1) is 0 Å². The molecule has 0 aromatic heterocycles. The van der Waals surface area contributed by atoms with Gasteiger partial charge in [-0.15, -0.1) is 0 Å².